The van der Waals surface area contributed by atoms with Crippen molar-refractivity contribution in [1.29, 1.82) is 0 Å². The number of nitrogens with zero attached hydrogens (tertiary/aromatic N) is 3. The largest absolute Gasteiger partial charge is 0.573 e. The van der Waals surface area contributed by atoms with Gasteiger partial charge in [-0.2, -0.15) is 4.98 Å². The zero-order valence-corrected chi connectivity index (χ0v) is 20.2. The van der Waals surface area contributed by atoms with E-state index in [1.54, 1.807) is 4.31 Å². The average molecular weight is 518 g/mol. The van der Waals surface area contributed by atoms with Crippen LogP contribution in [0.2, 0.25) is 0 Å². The van der Waals surface area contributed by atoms with Crippen LogP contribution in [0.5, 0.6) is 5.75 Å². The Kier molecular flexibility index (Phi) is 8.33. The number of benzene rings is 1. The first-order valence-corrected chi connectivity index (χ1v) is 13.5. The summed E-state index contributed by atoms with van der Waals surface area (Å²) in [6, 6.07) is 5.31. The number of hydrogen-bond acceptors (Lipinski definition) is 7. The molecule has 0 radical (unpaired) electrons. The summed E-state index contributed by atoms with van der Waals surface area (Å²) in [6.07, 6.45) is 1.64. The summed E-state index contributed by atoms with van der Waals surface area (Å²) in [6.45, 7) is 2.21. The Bertz CT molecular complexity index is 1050. The number of rotatable bonds is 9. The lowest BCUT2D eigenvalue weighted by atomic mass is 9.92. The van der Waals surface area contributed by atoms with Gasteiger partial charge in [0.2, 0.25) is 21.7 Å². The van der Waals surface area contributed by atoms with Crippen molar-refractivity contribution < 1.29 is 35.6 Å². The van der Waals surface area contributed by atoms with Gasteiger partial charge in [-0.3, -0.25) is 0 Å². The zero-order chi connectivity index (χ0) is 24.9. The van der Waals surface area contributed by atoms with E-state index in [2.05, 4.69) is 14.9 Å². The van der Waals surface area contributed by atoms with E-state index in [9.17, 15) is 21.6 Å². The van der Waals surface area contributed by atoms with E-state index in [1.807, 2.05) is 0 Å². The molecular weight excluding hydrogens is 487 g/mol. The first-order chi connectivity index (χ1) is 16.7. The number of ether oxygens (including phenoxy) is 2. The third kappa shape index (κ3) is 7.17. The molecule has 2 saturated heterocycles. The summed E-state index contributed by atoms with van der Waals surface area (Å²) in [7, 11) is -3.23. The normalized spacial score (nSPS) is 19.2. The highest BCUT2D eigenvalue weighted by atomic mass is 32.2. The first kappa shape index (κ1) is 25.9. The highest BCUT2D eigenvalue weighted by Crippen LogP contribution is 2.29. The number of alkyl halides is 3. The van der Waals surface area contributed by atoms with Gasteiger partial charge in [0.1, 0.15) is 5.75 Å². The summed E-state index contributed by atoms with van der Waals surface area (Å²) in [5.74, 6) is 0.994. The van der Waals surface area contributed by atoms with Crippen molar-refractivity contribution >= 4 is 10.0 Å². The maximum atomic E-state index is 12.8. The van der Waals surface area contributed by atoms with Crippen molar-refractivity contribution in [1.82, 2.24) is 14.4 Å². The van der Waals surface area contributed by atoms with Crippen LogP contribution in [0, 0.1) is 5.92 Å². The predicted molar refractivity (Wildman–Crippen MR) is 121 cm³/mol. The Labute approximate surface area is 202 Å². The van der Waals surface area contributed by atoms with Gasteiger partial charge in [-0.05, 0) is 62.3 Å². The van der Waals surface area contributed by atoms with Crippen molar-refractivity contribution in [3.63, 3.8) is 0 Å². The Morgan fingerprint density at radius 2 is 1.71 bits per heavy atom. The van der Waals surface area contributed by atoms with Crippen LogP contribution in [0.25, 0.3) is 11.4 Å². The van der Waals surface area contributed by atoms with E-state index in [0.29, 0.717) is 68.8 Å². The molecule has 1 aromatic heterocycles. The minimum Gasteiger partial charge on any atom is -0.406 e. The summed E-state index contributed by atoms with van der Waals surface area (Å²) >= 11 is 0. The second kappa shape index (κ2) is 11.3. The smallest absolute Gasteiger partial charge is 0.406 e. The van der Waals surface area contributed by atoms with Gasteiger partial charge in [0, 0.05) is 38.3 Å². The molecule has 0 bridgehead atoms. The van der Waals surface area contributed by atoms with Crippen molar-refractivity contribution in [2.45, 2.75) is 63.0 Å². The Hall–Kier alpha value is -2.18. The van der Waals surface area contributed by atoms with E-state index in [4.69, 9.17) is 9.26 Å². The zero-order valence-electron chi connectivity index (χ0n) is 19.4. The van der Waals surface area contributed by atoms with Gasteiger partial charge in [-0.15, -0.1) is 13.2 Å². The molecule has 2 aromatic rings. The summed E-state index contributed by atoms with van der Waals surface area (Å²) in [5.41, 5.74) is 0.539. The van der Waals surface area contributed by atoms with Gasteiger partial charge >= 0.3 is 6.36 Å². The fourth-order valence-corrected chi connectivity index (χ4v) is 6.56. The van der Waals surface area contributed by atoms with Crippen molar-refractivity contribution in [3.8, 4) is 17.1 Å². The SMILES string of the molecule is O=S(=O)(C1CCOCC1)N1CCC(CCCCc2nc(-c3ccc(OC(F)(F)F)cc3)no2)CC1. The van der Waals surface area contributed by atoms with E-state index in [0.717, 1.165) is 32.1 Å². The molecule has 35 heavy (non-hydrogen) atoms. The molecule has 2 fully saturated rings. The third-order valence-electron chi connectivity index (χ3n) is 6.59. The molecule has 0 aliphatic carbocycles. The quantitative estimate of drug-likeness (QED) is 0.450. The van der Waals surface area contributed by atoms with E-state index >= 15 is 0 Å². The molecule has 2 aliphatic heterocycles. The molecule has 4 rings (SSSR count). The van der Waals surface area contributed by atoms with Gasteiger partial charge in [0.15, 0.2) is 0 Å². The van der Waals surface area contributed by atoms with E-state index in [1.165, 1.54) is 24.3 Å². The number of hydrogen-bond donors (Lipinski definition) is 0. The van der Waals surface area contributed by atoms with Crippen LogP contribution in [-0.2, 0) is 21.2 Å². The van der Waals surface area contributed by atoms with Crippen LogP contribution >= 0.6 is 0 Å². The molecule has 8 nitrogen and oxygen atoms in total. The maximum absolute atomic E-state index is 12.8. The molecule has 0 atom stereocenters. The van der Waals surface area contributed by atoms with Crippen LogP contribution < -0.4 is 4.74 Å². The summed E-state index contributed by atoms with van der Waals surface area (Å²) in [5, 5.41) is 3.60. The first-order valence-electron chi connectivity index (χ1n) is 12.0. The van der Waals surface area contributed by atoms with Crippen LogP contribution in [0.4, 0.5) is 13.2 Å². The van der Waals surface area contributed by atoms with Gasteiger partial charge in [0.25, 0.3) is 0 Å². The lowest BCUT2D eigenvalue weighted by Gasteiger charge is -2.34. The highest BCUT2D eigenvalue weighted by molar-refractivity contribution is 7.89. The molecule has 1 aromatic carbocycles. The minimum absolute atomic E-state index is 0.307. The third-order valence-corrected chi connectivity index (χ3v) is 8.99. The number of piperidine rings is 1. The van der Waals surface area contributed by atoms with Gasteiger partial charge in [-0.25, -0.2) is 12.7 Å². The van der Waals surface area contributed by atoms with Crippen molar-refractivity contribution in [2.24, 2.45) is 5.92 Å². The lowest BCUT2D eigenvalue weighted by molar-refractivity contribution is -0.274. The van der Waals surface area contributed by atoms with Crippen LogP contribution in [0.3, 0.4) is 0 Å². The monoisotopic (exact) mass is 517 g/mol. The summed E-state index contributed by atoms with van der Waals surface area (Å²) < 4.78 is 78.6. The maximum Gasteiger partial charge on any atom is 0.573 e. The molecule has 194 valence electrons. The summed E-state index contributed by atoms with van der Waals surface area (Å²) in [4.78, 5) is 4.33. The minimum atomic E-state index is -4.74. The molecule has 0 spiro atoms. The molecule has 2 aliphatic rings. The number of aromatic nitrogens is 2. The number of sulfonamides is 1. The second-order valence-electron chi connectivity index (χ2n) is 9.03. The van der Waals surface area contributed by atoms with Gasteiger partial charge < -0.3 is 14.0 Å². The van der Waals surface area contributed by atoms with Crippen molar-refractivity contribution in [3.05, 3.63) is 30.2 Å². The molecule has 0 N–H and O–H groups in total. The van der Waals surface area contributed by atoms with Gasteiger partial charge in [0.05, 0.1) is 5.25 Å². The van der Waals surface area contributed by atoms with Crippen LogP contribution in [0.1, 0.15) is 50.8 Å². The Morgan fingerprint density at radius 3 is 2.37 bits per heavy atom. The van der Waals surface area contributed by atoms with Crippen LogP contribution in [-0.4, -0.2) is 60.8 Å². The van der Waals surface area contributed by atoms with Crippen LogP contribution in [0.15, 0.2) is 28.8 Å². The van der Waals surface area contributed by atoms with E-state index < -0.39 is 16.4 Å². The Balaban J connectivity index is 1.17. The van der Waals surface area contributed by atoms with Crippen molar-refractivity contribution in [2.75, 3.05) is 26.3 Å². The standard InChI is InChI=1S/C23H30F3N3O5S/c24-23(25,26)33-19-7-5-18(6-8-19)22-27-21(34-28-22)4-2-1-3-17-9-13-29(14-10-17)35(30,31)20-11-15-32-16-12-20/h5-8,17,20H,1-4,9-16H2. The Morgan fingerprint density at radius 1 is 1.03 bits per heavy atom. The lowest BCUT2D eigenvalue weighted by Crippen LogP contribution is -2.45. The number of halogens is 3. The molecule has 0 saturated carbocycles. The average Bonchev–Trinajstić information content (AvgIpc) is 3.31. The fourth-order valence-electron chi connectivity index (χ4n) is 4.63. The molecular formula is C23H30F3N3O5S. The number of aryl methyl sites for hydroxylation is 1. The topological polar surface area (TPSA) is 94.8 Å². The molecule has 0 unspecified atom stereocenters. The van der Waals surface area contributed by atoms with E-state index in [-0.39, 0.29) is 11.0 Å². The van der Waals surface area contributed by atoms with Gasteiger partial charge in [-0.1, -0.05) is 18.0 Å². The highest BCUT2D eigenvalue weighted by Gasteiger charge is 2.35. The fraction of sp³-hybridized carbons (Fsp3) is 0.652. The number of unbranched alkanes of at least 4 members (excludes halogenated alkanes) is 1. The molecule has 12 heteroatoms. The molecule has 0 amide bonds. The predicted octanol–water partition coefficient (Wildman–Crippen LogP) is 4.57. The second-order valence-corrected chi connectivity index (χ2v) is 11.2. The molecule has 3 heterocycles.